The second-order valence-electron chi connectivity index (χ2n) is 7.80. The number of aryl methyl sites for hydroxylation is 1. The molecule has 1 aliphatic heterocycles. The maximum absolute atomic E-state index is 12.6. The first-order valence-electron chi connectivity index (χ1n) is 10.4. The van der Waals surface area contributed by atoms with Gasteiger partial charge in [0.1, 0.15) is 11.1 Å². The summed E-state index contributed by atoms with van der Waals surface area (Å²) >= 11 is 0. The molecule has 0 radical (unpaired) electrons. The number of hydrogen-bond donors (Lipinski definition) is 0. The van der Waals surface area contributed by atoms with E-state index < -0.39 is 5.97 Å². The summed E-state index contributed by atoms with van der Waals surface area (Å²) in [5, 5.41) is 0.863. The van der Waals surface area contributed by atoms with E-state index in [0.717, 1.165) is 35.2 Å². The Labute approximate surface area is 178 Å². The number of likely N-dealkylation sites (tertiary alicyclic amines) is 1. The molecule has 2 aromatic heterocycles. The summed E-state index contributed by atoms with van der Waals surface area (Å²) in [6.07, 6.45) is 1.52. The molecule has 4 aromatic rings. The fourth-order valence-corrected chi connectivity index (χ4v) is 4.09. The van der Waals surface area contributed by atoms with Crippen LogP contribution in [0.2, 0.25) is 0 Å². The third kappa shape index (κ3) is 3.67. The van der Waals surface area contributed by atoms with Crippen LogP contribution in [0.1, 0.15) is 40.8 Å². The molecule has 0 saturated carbocycles. The van der Waals surface area contributed by atoms with E-state index in [2.05, 4.69) is 4.98 Å². The smallest absolute Gasteiger partial charge is 0.375 e. The molecule has 0 spiro atoms. The van der Waals surface area contributed by atoms with Crippen molar-refractivity contribution in [2.45, 2.75) is 25.7 Å². The number of benzene rings is 2. The average Bonchev–Trinajstić information content (AvgIpc) is 3.39. The number of amides is 1. The number of nitrogens with zero attached hydrogens (tertiary/aromatic N) is 2. The Hall–Kier alpha value is -3.61. The van der Waals surface area contributed by atoms with Crippen LogP contribution in [0.25, 0.3) is 22.1 Å². The minimum absolute atomic E-state index is 0.142. The molecule has 0 bridgehead atoms. The van der Waals surface area contributed by atoms with Crippen molar-refractivity contribution in [1.82, 2.24) is 9.88 Å². The highest BCUT2D eigenvalue weighted by atomic mass is 16.5. The van der Waals surface area contributed by atoms with Crippen molar-refractivity contribution in [3.8, 4) is 0 Å². The molecular weight excluding hydrogens is 396 g/mol. The van der Waals surface area contributed by atoms with Gasteiger partial charge in [0.2, 0.25) is 5.76 Å². The van der Waals surface area contributed by atoms with Crippen LogP contribution in [0, 0.1) is 6.92 Å². The Morgan fingerprint density at radius 2 is 1.74 bits per heavy atom. The molecule has 0 unspecified atom stereocenters. The number of aromatic nitrogens is 1. The van der Waals surface area contributed by atoms with E-state index in [-0.39, 0.29) is 24.2 Å². The van der Waals surface area contributed by atoms with Gasteiger partial charge in [-0.25, -0.2) is 9.78 Å². The second-order valence-corrected chi connectivity index (χ2v) is 7.80. The van der Waals surface area contributed by atoms with Gasteiger partial charge in [-0.15, -0.1) is 0 Å². The summed E-state index contributed by atoms with van der Waals surface area (Å²) in [6, 6.07) is 15.1. The topological polar surface area (TPSA) is 85.8 Å². The van der Waals surface area contributed by atoms with Crippen molar-refractivity contribution in [2.24, 2.45) is 0 Å². The van der Waals surface area contributed by atoms with Crippen LogP contribution in [0.4, 0.5) is 0 Å². The van der Waals surface area contributed by atoms with E-state index in [0.29, 0.717) is 24.2 Å². The van der Waals surface area contributed by atoms with Gasteiger partial charge >= 0.3 is 5.97 Å². The molecule has 0 N–H and O–H groups in total. The van der Waals surface area contributed by atoms with Gasteiger partial charge in [-0.05, 0) is 38.0 Å². The van der Waals surface area contributed by atoms with Crippen LogP contribution in [-0.2, 0) is 9.53 Å². The molecule has 0 atom stereocenters. The molecule has 1 fully saturated rings. The van der Waals surface area contributed by atoms with Crippen LogP contribution in [0.5, 0.6) is 0 Å². The largest absolute Gasteiger partial charge is 0.450 e. The SMILES string of the molecule is Cc1c(C(=O)OCC(=O)N2CCC(c3nc4ccccc4o3)CC2)oc2ccccc12. The van der Waals surface area contributed by atoms with Gasteiger partial charge in [0.25, 0.3) is 5.91 Å². The highest BCUT2D eigenvalue weighted by Crippen LogP contribution is 2.30. The van der Waals surface area contributed by atoms with E-state index in [1.165, 1.54) is 0 Å². The first-order valence-corrected chi connectivity index (χ1v) is 10.4. The minimum Gasteiger partial charge on any atom is -0.450 e. The lowest BCUT2D eigenvalue weighted by Gasteiger charge is -2.30. The zero-order chi connectivity index (χ0) is 21.4. The number of fused-ring (bicyclic) bond motifs is 2. The number of esters is 1. The van der Waals surface area contributed by atoms with Gasteiger partial charge in [0.15, 0.2) is 18.1 Å². The van der Waals surface area contributed by atoms with E-state index in [9.17, 15) is 9.59 Å². The number of carbonyl (C=O) groups is 2. The second kappa shape index (κ2) is 7.91. The monoisotopic (exact) mass is 418 g/mol. The molecule has 7 nitrogen and oxygen atoms in total. The average molecular weight is 418 g/mol. The van der Waals surface area contributed by atoms with Gasteiger partial charge in [-0.2, -0.15) is 0 Å². The number of furan rings is 1. The van der Waals surface area contributed by atoms with Gasteiger partial charge in [-0.1, -0.05) is 30.3 Å². The third-order valence-electron chi connectivity index (χ3n) is 5.86. The van der Waals surface area contributed by atoms with E-state index in [1.54, 1.807) is 17.9 Å². The Kier molecular flexibility index (Phi) is 4.94. The summed E-state index contributed by atoms with van der Waals surface area (Å²) in [5.74, 6) is 0.211. The Morgan fingerprint density at radius 1 is 1.03 bits per heavy atom. The lowest BCUT2D eigenvalue weighted by Crippen LogP contribution is -2.40. The lowest BCUT2D eigenvalue weighted by molar-refractivity contribution is -0.135. The Balaban J connectivity index is 1.17. The molecule has 2 aromatic carbocycles. The Bertz CT molecular complexity index is 1230. The first-order chi connectivity index (χ1) is 15.1. The van der Waals surface area contributed by atoms with Crippen LogP contribution >= 0.6 is 0 Å². The van der Waals surface area contributed by atoms with Gasteiger partial charge in [0, 0.05) is 30.0 Å². The van der Waals surface area contributed by atoms with E-state index >= 15 is 0 Å². The van der Waals surface area contributed by atoms with Crippen LogP contribution in [0.15, 0.2) is 57.4 Å². The maximum Gasteiger partial charge on any atom is 0.375 e. The van der Waals surface area contributed by atoms with Crippen molar-refractivity contribution in [2.75, 3.05) is 19.7 Å². The first kappa shape index (κ1) is 19.4. The maximum atomic E-state index is 12.6. The number of ether oxygens (including phenoxy) is 1. The normalized spacial score (nSPS) is 14.9. The number of hydrogen-bond acceptors (Lipinski definition) is 6. The van der Waals surface area contributed by atoms with E-state index in [4.69, 9.17) is 13.6 Å². The van der Waals surface area contributed by atoms with Gasteiger partial charge < -0.3 is 18.5 Å². The molecule has 3 heterocycles. The quantitative estimate of drug-likeness (QED) is 0.455. The summed E-state index contributed by atoms with van der Waals surface area (Å²) in [4.78, 5) is 31.3. The fourth-order valence-electron chi connectivity index (χ4n) is 4.09. The van der Waals surface area contributed by atoms with E-state index in [1.807, 2.05) is 42.5 Å². The molecule has 5 rings (SSSR count). The zero-order valence-corrected chi connectivity index (χ0v) is 17.2. The third-order valence-corrected chi connectivity index (χ3v) is 5.86. The van der Waals surface area contributed by atoms with Crippen molar-refractivity contribution in [1.29, 1.82) is 0 Å². The minimum atomic E-state index is -0.622. The standard InChI is InChI=1S/C24H22N2O5/c1-15-17-6-2-4-8-19(17)30-22(15)24(28)29-14-21(27)26-12-10-16(11-13-26)23-25-18-7-3-5-9-20(18)31-23/h2-9,16H,10-14H2,1H3. The lowest BCUT2D eigenvalue weighted by atomic mass is 9.97. The molecule has 1 amide bonds. The molecule has 31 heavy (non-hydrogen) atoms. The van der Waals surface area contributed by atoms with Crippen LogP contribution in [0.3, 0.4) is 0 Å². The summed E-state index contributed by atoms with van der Waals surface area (Å²) < 4.78 is 16.7. The molecule has 0 aliphatic carbocycles. The number of piperidine rings is 1. The fraction of sp³-hybridized carbons (Fsp3) is 0.292. The van der Waals surface area contributed by atoms with Crippen molar-refractivity contribution >= 4 is 33.9 Å². The van der Waals surface area contributed by atoms with Crippen LogP contribution < -0.4 is 0 Å². The molecular formula is C24H22N2O5. The molecule has 1 aliphatic rings. The predicted octanol–water partition coefficient (Wildman–Crippen LogP) is 4.45. The molecule has 1 saturated heterocycles. The predicted molar refractivity (Wildman–Crippen MR) is 114 cm³/mol. The van der Waals surface area contributed by atoms with Crippen molar-refractivity contribution < 1.29 is 23.2 Å². The molecule has 158 valence electrons. The summed E-state index contributed by atoms with van der Waals surface area (Å²) in [5.41, 5.74) is 2.97. The number of oxazole rings is 1. The zero-order valence-electron chi connectivity index (χ0n) is 17.2. The van der Waals surface area contributed by atoms with Crippen molar-refractivity contribution in [3.05, 3.63) is 65.7 Å². The van der Waals surface area contributed by atoms with Crippen LogP contribution in [-0.4, -0.2) is 41.5 Å². The number of carbonyl (C=O) groups excluding carboxylic acids is 2. The summed E-state index contributed by atoms with van der Waals surface area (Å²) in [6.45, 7) is 2.65. The van der Waals surface area contributed by atoms with Gasteiger partial charge in [-0.3, -0.25) is 4.79 Å². The number of para-hydroxylation sites is 3. The van der Waals surface area contributed by atoms with Gasteiger partial charge in [0.05, 0.1) is 0 Å². The highest BCUT2D eigenvalue weighted by Gasteiger charge is 2.28. The Morgan fingerprint density at radius 3 is 2.48 bits per heavy atom. The highest BCUT2D eigenvalue weighted by molar-refractivity contribution is 5.96. The molecule has 7 heteroatoms. The number of rotatable bonds is 4. The van der Waals surface area contributed by atoms with Crippen molar-refractivity contribution in [3.63, 3.8) is 0 Å². The summed E-state index contributed by atoms with van der Waals surface area (Å²) in [7, 11) is 0.